The maximum absolute atomic E-state index is 3.62. The molecular formula is C16H17N. The second-order valence-electron chi connectivity index (χ2n) is 4.65. The molecule has 2 aromatic carbocycles. The van der Waals surface area contributed by atoms with Crippen LogP contribution < -0.4 is 5.32 Å². The first-order valence-electron chi connectivity index (χ1n) is 6.28. The summed E-state index contributed by atoms with van der Waals surface area (Å²) in [6.07, 6.45) is 1.23. The van der Waals surface area contributed by atoms with E-state index < -0.39 is 0 Å². The van der Waals surface area contributed by atoms with Crippen molar-refractivity contribution in [2.24, 2.45) is 0 Å². The minimum absolute atomic E-state index is 0.471. The third-order valence-electron chi connectivity index (χ3n) is 3.61. The molecule has 1 saturated heterocycles. The van der Waals surface area contributed by atoms with Gasteiger partial charge in [0.05, 0.1) is 0 Å². The van der Waals surface area contributed by atoms with Crippen molar-refractivity contribution >= 4 is 0 Å². The lowest BCUT2D eigenvalue weighted by molar-refractivity contribution is 0.578. The van der Waals surface area contributed by atoms with Crippen molar-refractivity contribution in [2.45, 2.75) is 18.4 Å². The highest BCUT2D eigenvalue weighted by Gasteiger charge is 2.28. The van der Waals surface area contributed by atoms with Gasteiger partial charge in [-0.2, -0.15) is 0 Å². The maximum Gasteiger partial charge on any atom is 0.0390 e. The maximum atomic E-state index is 3.62. The molecule has 0 radical (unpaired) electrons. The minimum atomic E-state index is 0.471. The van der Waals surface area contributed by atoms with E-state index in [1.54, 1.807) is 0 Å². The van der Waals surface area contributed by atoms with Gasteiger partial charge in [0, 0.05) is 12.0 Å². The van der Waals surface area contributed by atoms with Crippen LogP contribution in [0.3, 0.4) is 0 Å². The SMILES string of the molecule is c1ccc([C@H]2NCC[C@H]2c2ccccc2)cc1. The summed E-state index contributed by atoms with van der Waals surface area (Å²) >= 11 is 0. The molecule has 0 aliphatic carbocycles. The second kappa shape index (κ2) is 4.72. The van der Waals surface area contributed by atoms with Crippen LogP contribution in [0.5, 0.6) is 0 Å². The van der Waals surface area contributed by atoms with Gasteiger partial charge in [0.2, 0.25) is 0 Å². The first-order chi connectivity index (χ1) is 8.45. The van der Waals surface area contributed by atoms with Crippen molar-refractivity contribution in [3.05, 3.63) is 71.8 Å². The topological polar surface area (TPSA) is 12.0 Å². The Bertz CT molecular complexity index is 418. The Morgan fingerprint density at radius 2 is 1.35 bits per heavy atom. The number of hydrogen-bond donors (Lipinski definition) is 1. The number of benzene rings is 2. The molecule has 0 amide bonds. The minimum Gasteiger partial charge on any atom is -0.309 e. The predicted molar refractivity (Wildman–Crippen MR) is 71.0 cm³/mol. The van der Waals surface area contributed by atoms with Crippen LogP contribution in [0.4, 0.5) is 0 Å². The van der Waals surface area contributed by atoms with Crippen molar-refractivity contribution in [1.29, 1.82) is 0 Å². The zero-order chi connectivity index (χ0) is 11.5. The zero-order valence-corrected chi connectivity index (χ0v) is 9.84. The highest BCUT2D eigenvalue weighted by molar-refractivity contribution is 5.29. The van der Waals surface area contributed by atoms with E-state index in [2.05, 4.69) is 66.0 Å². The Kier molecular flexibility index (Phi) is 2.93. The van der Waals surface area contributed by atoms with Gasteiger partial charge in [-0.25, -0.2) is 0 Å². The van der Waals surface area contributed by atoms with Gasteiger partial charge in [0.15, 0.2) is 0 Å². The van der Waals surface area contributed by atoms with Crippen LogP contribution >= 0.6 is 0 Å². The average Bonchev–Trinajstić information content (AvgIpc) is 2.90. The highest BCUT2D eigenvalue weighted by atomic mass is 15.0. The van der Waals surface area contributed by atoms with Crippen LogP contribution in [0.1, 0.15) is 29.5 Å². The molecule has 3 rings (SSSR count). The molecule has 0 spiro atoms. The van der Waals surface area contributed by atoms with Gasteiger partial charge in [-0.05, 0) is 24.1 Å². The second-order valence-corrected chi connectivity index (χ2v) is 4.65. The van der Waals surface area contributed by atoms with Crippen molar-refractivity contribution < 1.29 is 0 Å². The molecule has 1 aliphatic rings. The molecular weight excluding hydrogens is 206 g/mol. The van der Waals surface area contributed by atoms with Crippen LogP contribution in [0.25, 0.3) is 0 Å². The Hall–Kier alpha value is -1.60. The molecule has 0 bridgehead atoms. The van der Waals surface area contributed by atoms with Crippen LogP contribution in [-0.2, 0) is 0 Å². The quantitative estimate of drug-likeness (QED) is 0.821. The number of nitrogens with one attached hydrogen (secondary N) is 1. The van der Waals surface area contributed by atoms with Crippen molar-refractivity contribution in [3.63, 3.8) is 0 Å². The molecule has 2 atom stereocenters. The molecule has 1 aliphatic heterocycles. The van der Waals surface area contributed by atoms with E-state index in [4.69, 9.17) is 0 Å². The van der Waals surface area contributed by atoms with Gasteiger partial charge in [0.1, 0.15) is 0 Å². The lowest BCUT2D eigenvalue weighted by Gasteiger charge is -2.20. The Morgan fingerprint density at radius 1 is 0.765 bits per heavy atom. The van der Waals surface area contributed by atoms with E-state index in [1.165, 1.54) is 17.5 Å². The van der Waals surface area contributed by atoms with E-state index in [-0.39, 0.29) is 0 Å². The first kappa shape index (κ1) is 10.5. The van der Waals surface area contributed by atoms with E-state index in [0.717, 1.165) is 6.54 Å². The van der Waals surface area contributed by atoms with Crippen LogP contribution in [0.15, 0.2) is 60.7 Å². The van der Waals surface area contributed by atoms with Gasteiger partial charge in [0.25, 0.3) is 0 Å². The predicted octanol–water partition coefficient (Wildman–Crippen LogP) is 3.50. The van der Waals surface area contributed by atoms with Crippen molar-refractivity contribution in [2.75, 3.05) is 6.54 Å². The summed E-state index contributed by atoms with van der Waals surface area (Å²) in [5, 5.41) is 3.62. The summed E-state index contributed by atoms with van der Waals surface area (Å²) in [5.74, 6) is 0.610. The van der Waals surface area contributed by atoms with Crippen molar-refractivity contribution in [3.8, 4) is 0 Å². The third-order valence-corrected chi connectivity index (χ3v) is 3.61. The van der Waals surface area contributed by atoms with Crippen LogP contribution in [0.2, 0.25) is 0 Å². The molecule has 1 N–H and O–H groups in total. The summed E-state index contributed by atoms with van der Waals surface area (Å²) in [7, 11) is 0. The van der Waals surface area contributed by atoms with Gasteiger partial charge >= 0.3 is 0 Å². The van der Waals surface area contributed by atoms with E-state index >= 15 is 0 Å². The van der Waals surface area contributed by atoms with Crippen LogP contribution in [-0.4, -0.2) is 6.54 Å². The fourth-order valence-electron chi connectivity index (χ4n) is 2.77. The Balaban J connectivity index is 1.91. The fourth-order valence-corrected chi connectivity index (χ4v) is 2.77. The normalized spacial score (nSPS) is 23.8. The van der Waals surface area contributed by atoms with Gasteiger partial charge < -0.3 is 5.32 Å². The third kappa shape index (κ3) is 2.11. The summed E-state index contributed by atoms with van der Waals surface area (Å²) in [4.78, 5) is 0. The van der Waals surface area contributed by atoms with E-state index in [1.807, 2.05) is 0 Å². The molecule has 17 heavy (non-hydrogen) atoms. The van der Waals surface area contributed by atoms with E-state index in [0.29, 0.717) is 12.0 Å². The summed E-state index contributed by atoms with van der Waals surface area (Å²) in [6.45, 7) is 1.11. The molecule has 1 heteroatoms. The van der Waals surface area contributed by atoms with Crippen LogP contribution in [0, 0.1) is 0 Å². The zero-order valence-electron chi connectivity index (χ0n) is 9.84. The molecule has 1 nitrogen and oxygen atoms in total. The highest BCUT2D eigenvalue weighted by Crippen LogP contribution is 2.37. The molecule has 1 fully saturated rings. The Morgan fingerprint density at radius 3 is 2.00 bits per heavy atom. The molecule has 1 heterocycles. The van der Waals surface area contributed by atoms with Gasteiger partial charge in [-0.3, -0.25) is 0 Å². The van der Waals surface area contributed by atoms with Gasteiger partial charge in [-0.1, -0.05) is 60.7 Å². The summed E-state index contributed by atoms with van der Waals surface area (Å²) < 4.78 is 0. The lowest BCUT2D eigenvalue weighted by atomic mass is 9.88. The lowest BCUT2D eigenvalue weighted by Crippen LogP contribution is -2.16. The molecule has 2 aromatic rings. The van der Waals surface area contributed by atoms with Gasteiger partial charge in [-0.15, -0.1) is 0 Å². The number of rotatable bonds is 2. The summed E-state index contributed by atoms with van der Waals surface area (Å²) in [6, 6.07) is 22.1. The molecule has 86 valence electrons. The monoisotopic (exact) mass is 223 g/mol. The fraction of sp³-hybridized carbons (Fsp3) is 0.250. The number of hydrogen-bond acceptors (Lipinski definition) is 1. The average molecular weight is 223 g/mol. The largest absolute Gasteiger partial charge is 0.309 e. The summed E-state index contributed by atoms with van der Waals surface area (Å²) in [5.41, 5.74) is 2.85. The molecule has 0 saturated carbocycles. The smallest absolute Gasteiger partial charge is 0.0390 e. The first-order valence-corrected chi connectivity index (χ1v) is 6.28. The standard InChI is InChI=1S/C16H17N/c1-3-7-13(8-4-1)15-11-12-17-16(15)14-9-5-2-6-10-14/h1-10,15-17H,11-12H2/t15-,16+/m0/s1. The van der Waals surface area contributed by atoms with Crippen molar-refractivity contribution in [1.82, 2.24) is 5.32 Å². The van der Waals surface area contributed by atoms with E-state index in [9.17, 15) is 0 Å². The molecule has 0 unspecified atom stereocenters. The molecule has 0 aromatic heterocycles. The Labute approximate surface area is 102 Å².